The number of benzene rings is 2. The van der Waals surface area contributed by atoms with Crippen LogP contribution in [0, 0.1) is 11.8 Å². The van der Waals surface area contributed by atoms with Crippen molar-refractivity contribution in [2.75, 3.05) is 19.6 Å². The monoisotopic (exact) mass is 1160 g/mol. The lowest BCUT2D eigenvalue weighted by molar-refractivity contribution is -0.142. The molecule has 2 aromatic carbocycles. The van der Waals surface area contributed by atoms with Crippen molar-refractivity contribution >= 4 is 70.9 Å². The quantitative estimate of drug-likeness (QED) is 0.0210. The molecule has 2 fully saturated rings. The number of likely N-dealkylation sites (tertiary alicyclic amines) is 2. The third-order valence-electron chi connectivity index (χ3n) is 14.0. The lowest BCUT2D eigenvalue weighted by atomic mass is 10.00. The number of nitrogens with zero attached hydrogens (tertiary/aromatic N) is 3. The van der Waals surface area contributed by atoms with Gasteiger partial charge < -0.3 is 80.8 Å². The summed E-state index contributed by atoms with van der Waals surface area (Å²) in [5.74, 6) is -8.86. The number of guanidine groups is 1. The normalized spacial score (nSPS) is 17.7. The summed E-state index contributed by atoms with van der Waals surface area (Å²) in [7, 11) is 0. The van der Waals surface area contributed by atoms with Gasteiger partial charge in [-0.3, -0.25) is 57.7 Å². The molecule has 0 radical (unpaired) electrons. The van der Waals surface area contributed by atoms with E-state index in [2.05, 4.69) is 42.2 Å². The molecule has 83 heavy (non-hydrogen) atoms. The van der Waals surface area contributed by atoms with Gasteiger partial charge in [0.05, 0.1) is 12.5 Å². The lowest BCUT2D eigenvalue weighted by Crippen LogP contribution is -2.60. The van der Waals surface area contributed by atoms with Gasteiger partial charge in [0.15, 0.2) is 5.96 Å². The van der Waals surface area contributed by atoms with Crippen LogP contribution in [0.4, 0.5) is 0 Å². The molecule has 0 aromatic heterocycles. The molecule has 0 bridgehead atoms. The van der Waals surface area contributed by atoms with Crippen LogP contribution in [0.25, 0.3) is 0 Å². The van der Waals surface area contributed by atoms with Gasteiger partial charge in [-0.2, -0.15) is 0 Å². The molecule has 2 aliphatic rings. The second kappa shape index (κ2) is 32.3. The van der Waals surface area contributed by atoms with Gasteiger partial charge >= 0.3 is 0 Å². The zero-order chi connectivity index (χ0) is 61.7. The topological polar surface area (TPSA) is 441 Å². The number of phenolic OH excluding ortho intramolecular Hbond substituents is 1. The van der Waals surface area contributed by atoms with Crippen LogP contribution in [0.3, 0.4) is 0 Å². The Morgan fingerprint density at radius 2 is 1.02 bits per heavy atom. The Labute approximate surface area is 483 Å². The van der Waals surface area contributed by atoms with E-state index in [0.717, 1.165) is 0 Å². The van der Waals surface area contributed by atoms with E-state index in [9.17, 15) is 57.8 Å². The van der Waals surface area contributed by atoms with Crippen LogP contribution in [-0.4, -0.2) is 166 Å². The average molecular weight is 1160 g/mol. The van der Waals surface area contributed by atoms with Crippen LogP contribution in [0.1, 0.15) is 110 Å². The van der Waals surface area contributed by atoms with E-state index in [4.69, 9.17) is 28.7 Å². The molecule has 10 atom stereocenters. The molecule has 0 aliphatic carbocycles. The third-order valence-corrected chi connectivity index (χ3v) is 14.0. The molecule has 2 heterocycles. The second-order valence-electron chi connectivity index (χ2n) is 22.1. The number of aliphatic imine (C=N–C) groups is 1. The van der Waals surface area contributed by atoms with E-state index < -0.39 is 132 Å². The fraction of sp³-hybridized carbons (Fsp3) is 0.571. The molecule has 2 aromatic rings. The Hall–Kier alpha value is -8.36. The van der Waals surface area contributed by atoms with E-state index >= 15 is 0 Å². The molecule has 18 N–H and O–H groups in total. The third kappa shape index (κ3) is 21.5. The first kappa shape index (κ1) is 67.1. The van der Waals surface area contributed by atoms with Crippen molar-refractivity contribution < 1.29 is 57.8 Å². The lowest BCUT2D eigenvalue weighted by Gasteiger charge is -2.31. The number of hydrogen-bond acceptors (Lipinski definition) is 14. The number of rotatable bonds is 31. The van der Waals surface area contributed by atoms with Crippen molar-refractivity contribution in [1.82, 2.24) is 47.0 Å². The molecule has 0 spiro atoms. The van der Waals surface area contributed by atoms with Gasteiger partial charge in [0, 0.05) is 32.5 Å². The second-order valence-corrected chi connectivity index (χ2v) is 22.1. The summed E-state index contributed by atoms with van der Waals surface area (Å²) >= 11 is 0. The SMILES string of the molecule is CC(C)C[C@H](NC(=O)[C@H](CCCN=C(N)N)NC(=O)[C@@H]1CCCN1C(=O)[C@H](Cc1ccc(O)cc1)NC(=O)[C@H](C)NC(=O)[C@H](CC(C)C)NC(=O)[C@H](Cc1ccccc1)NC(=O)[C@H](CC(N)=O)NC(=O)[C@@H]1CCCN1C(=O)[C@H](C)N)C(N)=O. The molecular weight excluding hydrogens is 1070 g/mol. The zero-order valence-corrected chi connectivity index (χ0v) is 48.2. The van der Waals surface area contributed by atoms with Crippen LogP contribution in [0.5, 0.6) is 5.75 Å². The highest BCUT2D eigenvalue weighted by Crippen LogP contribution is 2.22. The Morgan fingerprint density at radius 3 is 1.57 bits per heavy atom. The average Bonchev–Trinajstić information content (AvgIpc) is 4.16. The zero-order valence-electron chi connectivity index (χ0n) is 48.2. The molecule has 0 saturated carbocycles. The number of amides is 11. The van der Waals surface area contributed by atoms with Gasteiger partial charge in [-0.1, -0.05) is 70.2 Å². The highest BCUT2D eigenvalue weighted by molar-refractivity contribution is 5.99. The van der Waals surface area contributed by atoms with E-state index in [1.807, 2.05) is 13.8 Å². The number of primary amides is 2. The fourth-order valence-corrected chi connectivity index (χ4v) is 9.83. The first-order valence-corrected chi connectivity index (χ1v) is 28.1. The van der Waals surface area contributed by atoms with E-state index in [1.54, 1.807) is 56.3 Å². The molecule has 2 saturated heterocycles. The van der Waals surface area contributed by atoms with Gasteiger partial charge in [-0.05, 0) is 100 Å². The maximum absolute atomic E-state index is 14.7. The molecular formula is C56H85N15O12. The van der Waals surface area contributed by atoms with E-state index in [-0.39, 0.29) is 94.5 Å². The number of carbonyl (C=O) groups is 11. The van der Waals surface area contributed by atoms with Crippen molar-refractivity contribution in [2.45, 2.75) is 173 Å². The fourth-order valence-electron chi connectivity index (χ4n) is 9.83. The minimum absolute atomic E-state index is 0.0188. The molecule has 27 heteroatoms. The first-order valence-electron chi connectivity index (χ1n) is 28.1. The molecule has 0 unspecified atom stereocenters. The van der Waals surface area contributed by atoms with Crippen LogP contribution < -0.4 is 65.9 Å². The summed E-state index contributed by atoms with van der Waals surface area (Å²) in [5, 5.41) is 28.6. The summed E-state index contributed by atoms with van der Waals surface area (Å²) in [4.78, 5) is 157. The van der Waals surface area contributed by atoms with E-state index in [0.29, 0.717) is 24.0 Å². The van der Waals surface area contributed by atoms with Crippen molar-refractivity contribution in [2.24, 2.45) is 45.5 Å². The summed E-state index contributed by atoms with van der Waals surface area (Å²) in [6.07, 6.45) is 0.952. The minimum Gasteiger partial charge on any atom is -0.508 e. The Bertz CT molecular complexity index is 2630. The van der Waals surface area contributed by atoms with Crippen molar-refractivity contribution in [1.29, 1.82) is 0 Å². The molecule has 11 amide bonds. The van der Waals surface area contributed by atoms with Crippen molar-refractivity contribution in [3.05, 3.63) is 65.7 Å². The summed E-state index contributed by atoms with van der Waals surface area (Å²) in [6.45, 7) is 10.6. The molecule has 4 rings (SSSR count). The highest BCUT2D eigenvalue weighted by Gasteiger charge is 2.41. The predicted molar refractivity (Wildman–Crippen MR) is 306 cm³/mol. The minimum atomic E-state index is -1.58. The molecule has 2 aliphatic heterocycles. The summed E-state index contributed by atoms with van der Waals surface area (Å²) in [6, 6.07) is 2.22. The maximum atomic E-state index is 14.7. The molecule has 456 valence electrons. The number of carbonyl (C=O) groups excluding carboxylic acids is 11. The van der Waals surface area contributed by atoms with Crippen molar-refractivity contribution in [3.8, 4) is 5.75 Å². The van der Waals surface area contributed by atoms with Gasteiger partial charge in [0.1, 0.15) is 60.1 Å². The van der Waals surface area contributed by atoms with Gasteiger partial charge in [-0.15, -0.1) is 0 Å². The largest absolute Gasteiger partial charge is 0.508 e. The van der Waals surface area contributed by atoms with Gasteiger partial charge in [-0.25, -0.2) is 0 Å². The van der Waals surface area contributed by atoms with Crippen LogP contribution in [0.2, 0.25) is 0 Å². The smallest absolute Gasteiger partial charge is 0.246 e. The van der Waals surface area contributed by atoms with Gasteiger partial charge in [0.2, 0.25) is 65.0 Å². The van der Waals surface area contributed by atoms with Crippen LogP contribution >= 0.6 is 0 Å². The Morgan fingerprint density at radius 1 is 0.554 bits per heavy atom. The number of nitrogens with two attached hydrogens (primary N) is 5. The predicted octanol–water partition coefficient (Wildman–Crippen LogP) is -2.57. The highest BCUT2D eigenvalue weighted by atomic mass is 16.3. The number of phenols is 1. The maximum Gasteiger partial charge on any atom is 0.246 e. The number of nitrogens with one attached hydrogen (secondary N) is 7. The van der Waals surface area contributed by atoms with Gasteiger partial charge in [0.25, 0.3) is 0 Å². The van der Waals surface area contributed by atoms with Crippen LogP contribution in [-0.2, 0) is 65.6 Å². The summed E-state index contributed by atoms with van der Waals surface area (Å²) in [5.41, 5.74) is 29.0. The summed E-state index contributed by atoms with van der Waals surface area (Å²) < 4.78 is 0. The van der Waals surface area contributed by atoms with E-state index in [1.165, 1.54) is 35.8 Å². The molecule has 27 nitrogen and oxygen atoms in total. The standard InChI is InChI=1S/C56H85N15O12/c1-30(2)25-38(46(59)74)65-48(76)37(15-10-22-62-56(60)61)64-52(80)44-17-12-24-71(44)55(83)42(28-35-18-20-36(72)21-19-35)69-47(75)33(6)63-49(77)39(26-31(3)4)66-50(78)40(27-34-13-8-7-9-14-34)67-51(79)41(29-45(58)73)68-53(81)43-16-11-23-70(43)54(82)32(5)57/h7-9,13-14,18-21,30-33,37-44,72H,10-12,15-17,22-29,57H2,1-6H3,(H2,58,73)(H2,59,74)(H,63,77)(H,64,80)(H,65,76)(H,66,78)(H,67,79)(H,68,81)(H,69,75)(H4,60,61,62)/t32-,33-,37-,38-,39-,40-,41-,42-,43-,44-/m0/s1. The first-order chi connectivity index (χ1) is 39.1. The number of aromatic hydroxyl groups is 1. The van der Waals surface area contributed by atoms with Crippen LogP contribution in [0.15, 0.2) is 59.6 Å². The number of hydrogen-bond donors (Lipinski definition) is 13. The Kier molecular flexibility index (Phi) is 26.2. The Balaban J connectivity index is 1.55. The van der Waals surface area contributed by atoms with Crippen molar-refractivity contribution in [3.63, 3.8) is 0 Å².